The molecule has 0 unspecified atom stereocenters. The van der Waals surface area contributed by atoms with Crippen LogP contribution in [0.1, 0.15) is 28.9 Å². The van der Waals surface area contributed by atoms with E-state index in [0.717, 1.165) is 19.6 Å². The van der Waals surface area contributed by atoms with E-state index in [4.69, 9.17) is 9.84 Å². The van der Waals surface area contributed by atoms with Crippen LogP contribution in [0.4, 0.5) is 0 Å². The number of carboxylic acid groups (broad SMARTS) is 1. The number of aromatic nitrogens is 2. The average Bonchev–Trinajstić information content (AvgIpc) is 2.87. The van der Waals surface area contributed by atoms with Gasteiger partial charge in [0.25, 0.3) is 0 Å². The number of hydrogen-bond acceptors (Lipinski definition) is 4. The highest BCUT2D eigenvalue weighted by atomic mass is 16.5. The molecule has 1 fully saturated rings. The van der Waals surface area contributed by atoms with E-state index in [1.54, 1.807) is 14.0 Å². The molecule has 0 spiro atoms. The number of likely N-dealkylation sites (tertiary alicyclic amines) is 1. The minimum absolute atomic E-state index is 0.166. The van der Waals surface area contributed by atoms with Gasteiger partial charge in [0.1, 0.15) is 12.2 Å². The predicted molar refractivity (Wildman–Crippen MR) is 66.1 cm³/mol. The van der Waals surface area contributed by atoms with Gasteiger partial charge in [-0.2, -0.15) is 5.10 Å². The lowest BCUT2D eigenvalue weighted by atomic mass is 10.2. The summed E-state index contributed by atoms with van der Waals surface area (Å²) in [6.07, 6.45) is 2.48. The highest BCUT2D eigenvalue weighted by molar-refractivity contribution is 5.91. The summed E-state index contributed by atoms with van der Waals surface area (Å²) >= 11 is 0. The second-order valence-electron chi connectivity index (χ2n) is 4.59. The molecule has 100 valence electrons. The summed E-state index contributed by atoms with van der Waals surface area (Å²) in [5.74, 6) is -0.643. The van der Waals surface area contributed by atoms with Crippen LogP contribution < -0.4 is 4.74 Å². The van der Waals surface area contributed by atoms with E-state index < -0.39 is 5.97 Å². The van der Waals surface area contributed by atoms with Gasteiger partial charge >= 0.3 is 5.97 Å². The number of aryl methyl sites for hydroxylation is 2. The summed E-state index contributed by atoms with van der Waals surface area (Å²) < 4.78 is 7.08. The van der Waals surface area contributed by atoms with Crippen molar-refractivity contribution in [2.75, 3.05) is 26.2 Å². The van der Waals surface area contributed by atoms with Crippen molar-refractivity contribution in [2.45, 2.75) is 19.8 Å². The zero-order valence-electron chi connectivity index (χ0n) is 10.8. The smallest absolute Gasteiger partial charge is 0.343 e. The second-order valence-corrected chi connectivity index (χ2v) is 4.59. The third-order valence-corrected chi connectivity index (χ3v) is 3.23. The SMILES string of the molecule is Cc1nn(C)c(OCCN2CCCC2)c1C(=O)O. The maximum Gasteiger partial charge on any atom is 0.343 e. The molecule has 0 amide bonds. The number of carboxylic acids is 1. The van der Waals surface area contributed by atoms with Crippen molar-refractivity contribution in [1.29, 1.82) is 0 Å². The fourth-order valence-corrected chi connectivity index (χ4v) is 2.33. The number of aromatic carboxylic acids is 1. The molecule has 0 bridgehead atoms. The molecule has 1 N–H and O–H groups in total. The molecule has 1 aromatic heterocycles. The van der Waals surface area contributed by atoms with Gasteiger partial charge in [-0.05, 0) is 32.9 Å². The molecule has 1 saturated heterocycles. The molecule has 1 aliphatic heterocycles. The predicted octanol–water partition coefficient (Wildman–Crippen LogP) is 0.901. The second kappa shape index (κ2) is 5.39. The Kier molecular flexibility index (Phi) is 3.86. The third kappa shape index (κ3) is 2.64. The Labute approximate surface area is 106 Å². The van der Waals surface area contributed by atoms with Gasteiger partial charge in [0.05, 0.1) is 5.69 Å². The Bertz CT molecular complexity index is 436. The molecule has 2 rings (SSSR count). The fourth-order valence-electron chi connectivity index (χ4n) is 2.33. The standard InChI is InChI=1S/C12H19N3O3/c1-9-10(12(16)17)11(14(2)13-9)18-8-7-15-5-3-4-6-15/h3-8H2,1-2H3,(H,16,17). The summed E-state index contributed by atoms with van der Waals surface area (Å²) in [6.45, 7) is 5.23. The summed E-state index contributed by atoms with van der Waals surface area (Å²) in [5, 5.41) is 13.2. The first-order chi connectivity index (χ1) is 8.59. The Hall–Kier alpha value is -1.56. The van der Waals surface area contributed by atoms with Gasteiger partial charge in [0.15, 0.2) is 0 Å². The van der Waals surface area contributed by atoms with Gasteiger partial charge < -0.3 is 9.84 Å². The van der Waals surface area contributed by atoms with E-state index in [1.807, 2.05) is 0 Å². The van der Waals surface area contributed by atoms with E-state index in [-0.39, 0.29) is 5.56 Å². The molecular weight excluding hydrogens is 234 g/mol. The van der Waals surface area contributed by atoms with Gasteiger partial charge in [-0.25, -0.2) is 9.48 Å². The molecular formula is C12H19N3O3. The monoisotopic (exact) mass is 253 g/mol. The van der Waals surface area contributed by atoms with E-state index in [0.29, 0.717) is 18.2 Å². The van der Waals surface area contributed by atoms with Gasteiger partial charge in [0, 0.05) is 13.6 Å². The van der Waals surface area contributed by atoms with E-state index >= 15 is 0 Å². The molecule has 18 heavy (non-hydrogen) atoms. The zero-order valence-corrected chi connectivity index (χ0v) is 10.8. The Morgan fingerprint density at radius 1 is 1.44 bits per heavy atom. The van der Waals surface area contributed by atoms with Crippen LogP contribution in [-0.4, -0.2) is 52.0 Å². The van der Waals surface area contributed by atoms with Crippen LogP contribution in [-0.2, 0) is 7.05 Å². The molecule has 0 radical (unpaired) electrons. The van der Waals surface area contributed by atoms with Gasteiger partial charge in [0.2, 0.25) is 5.88 Å². The lowest BCUT2D eigenvalue weighted by Crippen LogP contribution is -2.25. The summed E-state index contributed by atoms with van der Waals surface area (Å²) in [4.78, 5) is 13.5. The maximum absolute atomic E-state index is 11.1. The average molecular weight is 253 g/mol. The first kappa shape index (κ1) is 12.9. The van der Waals surface area contributed by atoms with Crippen molar-refractivity contribution >= 4 is 5.97 Å². The first-order valence-corrected chi connectivity index (χ1v) is 6.21. The summed E-state index contributed by atoms with van der Waals surface area (Å²) in [6, 6.07) is 0. The highest BCUT2D eigenvalue weighted by Gasteiger charge is 2.21. The molecule has 1 aromatic rings. The molecule has 0 atom stereocenters. The molecule has 0 aliphatic carbocycles. The van der Waals surface area contributed by atoms with Gasteiger partial charge in [-0.15, -0.1) is 0 Å². The molecule has 2 heterocycles. The van der Waals surface area contributed by atoms with E-state index in [2.05, 4.69) is 10.00 Å². The lowest BCUT2D eigenvalue weighted by molar-refractivity contribution is 0.0690. The van der Waals surface area contributed by atoms with Crippen LogP contribution in [0.15, 0.2) is 0 Å². The minimum Gasteiger partial charge on any atom is -0.477 e. The fraction of sp³-hybridized carbons (Fsp3) is 0.667. The van der Waals surface area contributed by atoms with Crippen LogP contribution in [0.2, 0.25) is 0 Å². The van der Waals surface area contributed by atoms with Crippen molar-refractivity contribution in [2.24, 2.45) is 7.05 Å². The molecule has 6 heteroatoms. The zero-order chi connectivity index (χ0) is 13.1. The van der Waals surface area contributed by atoms with Crippen molar-refractivity contribution in [3.05, 3.63) is 11.3 Å². The largest absolute Gasteiger partial charge is 0.477 e. The van der Waals surface area contributed by atoms with E-state index in [9.17, 15) is 4.79 Å². The topological polar surface area (TPSA) is 67.6 Å². The van der Waals surface area contributed by atoms with Crippen LogP contribution in [0.5, 0.6) is 5.88 Å². The van der Waals surface area contributed by atoms with Crippen LogP contribution in [0, 0.1) is 6.92 Å². The number of nitrogens with zero attached hydrogens (tertiary/aromatic N) is 3. The van der Waals surface area contributed by atoms with Gasteiger partial charge in [-0.3, -0.25) is 4.90 Å². The number of carbonyl (C=O) groups is 1. The quantitative estimate of drug-likeness (QED) is 0.844. The number of hydrogen-bond donors (Lipinski definition) is 1. The van der Waals surface area contributed by atoms with Crippen molar-refractivity contribution < 1.29 is 14.6 Å². The highest BCUT2D eigenvalue weighted by Crippen LogP contribution is 2.21. The van der Waals surface area contributed by atoms with Crippen LogP contribution in [0.25, 0.3) is 0 Å². The van der Waals surface area contributed by atoms with E-state index in [1.165, 1.54) is 17.5 Å². The van der Waals surface area contributed by atoms with Gasteiger partial charge in [-0.1, -0.05) is 0 Å². The number of ether oxygens (including phenoxy) is 1. The third-order valence-electron chi connectivity index (χ3n) is 3.23. The molecule has 0 saturated carbocycles. The van der Waals surface area contributed by atoms with Crippen molar-refractivity contribution in [1.82, 2.24) is 14.7 Å². The Balaban J connectivity index is 1.97. The maximum atomic E-state index is 11.1. The van der Waals surface area contributed by atoms with Crippen molar-refractivity contribution in [3.8, 4) is 5.88 Å². The Morgan fingerprint density at radius 3 is 2.72 bits per heavy atom. The van der Waals surface area contributed by atoms with Crippen molar-refractivity contribution in [3.63, 3.8) is 0 Å². The number of rotatable bonds is 5. The lowest BCUT2D eigenvalue weighted by Gasteiger charge is -2.15. The molecule has 6 nitrogen and oxygen atoms in total. The molecule has 0 aromatic carbocycles. The Morgan fingerprint density at radius 2 is 2.11 bits per heavy atom. The normalized spacial score (nSPS) is 16.1. The summed E-state index contributed by atoms with van der Waals surface area (Å²) in [7, 11) is 1.70. The first-order valence-electron chi connectivity index (χ1n) is 6.21. The van der Waals surface area contributed by atoms with Crippen LogP contribution >= 0.6 is 0 Å². The minimum atomic E-state index is -0.989. The molecule has 1 aliphatic rings. The van der Waals surface area contributed by atoms with Crippen LogP contribution in [0.3, 0.4) is 0 Å². The summed E-state index contributed by atoms with van der Waals surface area (Å²) in [5.41, 5.74) is 0.653.